The van der Waals surface area contributed by atoms with Gasteiger partial charge in [0.25, 0.3) is 0 Å². The maximum absolute atomic E-state index is 13.0. The van der Waals surface area contributed by atoms with Crippen molar-refractivity contribution >= 4 is 17.1 Å². The minimum absolute atomic E-state index is 0.198. The van der Waals surface area contributed by atoms with Gasteiger partial charge in [-0.25, -0.2) is 8.78 Å². The Kier molecular flexibility index (Phi) is 5.71. The van der Waals surface area contributed by atoms with Gasteiger partial charge in [0.15, 0.2) is 0 Å². The number of nitrogen functional groups attached to an aromatic ring is 1. The lowest BCUT2D eigenvalue weighted by Gasteiger charge is -2.36. The molecule has 0 bridgehead atoms. The molecule has 2 aromatic carbocycles. The molecule has 1 aliphatic rings. The number of halogens is 2. The molecule has 3 N–H and O–H groups in total. The average molecular weight is 346 g/mol. The lowest BCUT2D eigenvalue weighted by atomic mass is 10.2. The number of nitrogens with zero attached hydrogens (tertiary/aromatic N) is 2. The molecular weight excluding hydrogens is 322 g/mol. The average Bonchev–Trinajstić information content (AvgIpc) is 2.61. The maximum atomic E-state index is 13.0. The molecule has 0 amide bonds. The van der Waals surface area contributed by atoms with Crippen LogP contribution in [0.15, 0.2) is 42.5 Å². The topological polar surface area (TPSA) is 44.5 Å². The van der Waals surface area contributed by atoms with Crippen molar-refractivity contribution in [1.82, 2.24) is 4.90 Å². The van der Waals surface area contributed by atoms with E-state index in [-0.39, 0.29) is 11.6 Å². The van der Waals surface area contributed by atoms with Crippen molar-refractivity contribution in [2.24, 2.45) is 0 Å². The Labute approximate surface area is 147 Å². The van der Waals surface area contributed by atoms with Crippen LogP contribution >= 0.6 is 0 Å². The van der Waals surface area contributed by atoms with E-state index in [2.05, 4.69) is 15.1 Å². The van der Waals surface area contributed by atoms with E-state index in [1.165, 1.54) is 24.3 Å². The molecule has 0 spiro atoms. The SMILES string of the molecule is Nc1cc(F)ccc1NCCCN1CCN(c2ccc(F)cc2)CC1. The molecule has 0 unspecified atom stereocenters. The third-order valence-corrected chi connectivity index (χ3v) is 4.54. The normalized spacial score (nSPS) is 15.4. The smallest absolute Gasteiger partial charge is 0.125 e. The van der Waals surface area contributed by atoms with Crippen LogP contribution in [-0.2, 0) is 0 Å². The van der Waals surface area contributed by atoms with E-state index >= 15 is 0 Å². The molecule has 0 saturated carbocycles. The summed E-state index contributed by atoms with van der Waals surface area (Å²) >= 11 is 0. The largest absolute Gasteiger partial charge is 0.397 e. The number of piperazine rings is 1. The Hall–Kier alpha value is -2.34. The van der Waals surface area contributed by atoms with Crippen molar-refractivity contribution in [2.45, 2.75) is 6.42 Å². The van der Waals surface area contributed by atoms with E-state index in [1.54, 1.807) is 6.07 Å². The molecule has 0 aliphatic carbocycles. The second-order valence-electron chi connectivity index (χ2n) is 6.32. The quantitative estimate of drug-likeness (QED) is 0.623. The summed E-state index contributed by atoms with van der Waals surface area (Å²) in [5.74, 6) is -0.515. The molecule has 25 heavy (non-hydrogen) atoms. The number of nitrogens with one attached hydrogen (secondary N) is 1. The van der Waals surface area contributed by atoms with Crippen LogP contribution in [0.2, 0.25) is 0 Å². The number of hydrogen-bond donors (Lipinski definition) is 2. The highest BCUT2D eigenvalue weighted by Gasteiger charge is 2.16. The molecule has 2 aromatic rings. The zero-order chi connectivity index (χ0) is 17.6. The molecular formula is C19H24F2N4. The van der Waals surface area contributed by atoms with E-state index in [1.807, 2.05) is 12.1 Å². The number of benzene rings is 2. The minimum atomic E-state index is -0.318. The molecule has 1 fully saturated rings. The van der Waals surface area contributed by atoms with E-state index < -0.39 is 0 Å². The van der Waals surface area contributed by atoms with Gasteiger partial charge < -0.3 is 16.0 Å². The van der Waals surface area contributed by atoms with Crippen molar-refractivity contribution in [1.29, 1.82) is 0 Å². The van der Waals surface area contributed by atoms with Gasteiger partial charge in [-0.3, -0.25) is 4.90 Å². The molecule has 4 nitrogen and oxygen atoms in total. The van der Waals surface area contributed by atoms with Crippen LogP contribution in [0.3, 0.4) is 0 Å². The highest BCUT2D eigenvalue weighted by molar-refractivity contribution is 5.65. The van der Waals surface area contributed by atoms with E-state index in [0.29, 0.717) is 5.69 Å². The van der Waals surface area contributed by atoms with Crippen LogP contribution in [0, 0.1) is 11.6 Å². The molecule has 1 aliphatic heterocycles. The first-order valence-electron chi connectivity index (χ1n) is 8.63. The van der Waals surface area contributed by atoms with Gasteiger partial charge in [-0.1, -0.05) is 0 Å². The van der Waals surface area contributed by atoms with Crippen LogP contribution < -0.4 is 16.0 Å². The van der Waals surface area contributed by atoms with Crippen LogP contribution in [0.25, 0.3) is 0 Å². The monoisotopic (exact) mass is 346 g/mol. The lowest BCUT2D eigenvalue weighted by Crippen LogP contribution is -2.46. The maximum Gasteiger partial charge on any atom is 0.125 e. The fraction of sp³-hybridized carbons (Fsp3) is 0.368. The second-order valence-corrected chi connectivity index (χ2v) is 6.32. The Morgan fingerprint density at radius 2 is 1.60 bits per heavy atom. The summed E-state index contributed by atoms with van der Waals surface area (Å²) in [5.41, 5.74) is 8.08. The van der Waals surface area contributed by atoms with Gasteiger partial charge in [0.2, 0.25) is 0 Å². The van der Waals surface area contributed by atoms with E-state index in [4.69, 9.17) is 5.73 Å². The molecule has 0 atom stereocenters. The molecule has 3 rings (SSSR count). The number of hydrogen-bond acceptors (Lipinski definition) is 4. The Morgan fingerprint density at radius 3 is 2.28 bits per heavy atom. The molecule has 134 valence electrons. The summed E-state index contributed by atoms with van der Waals surface area (Å²) in [7, 11) is 0. The molecule has 0 radical (unpaired) electrons. The Balaban J connectivity index is 1.37. The van der Waals surface area contributed by atoms with Gasteiger partial charge in [-0.15, -0.1) is 0 Å². The second kappa shape index (κ2) is 8.16. The summed E-state index contributed by atoms with van der Waals surface area (Å²) in [6, 6.07) is 11.1. The number of nitrogens with two attached hydrogens (primary N) is 1. The summed E-state index contributed by atoms with van der Waals surface area (Å²) < 4.78 is 26.0. The first-order valence-corrected chi connectivity index (χ1v) is 8.63. The summed E-state index contributed by atoms with van der Waals surface area (Å²) in [6.45, 7) is 5.69. The molecule has 1 heterocycles. The highest BCUT2D eigenvalue weighted by Crippen LogP contribution is 2.19. The summed E-state index contributed by atoms with van der Waals surface area (Å²) in [4.78, 5) is 4.71. The van der Waals surface area contributed by atoms with Crippen LogP contribution in [0.5, 0.6) is 0 Å². The summed E-state index contributed by atoms with van der Waals surface area (Å²) in [6.07, 6.45) is 0.993. The predicted octanol–water partition coefficient (Wildman–Crippen LogP) is 3.17. The van der Waals surface area contributed by atoms with E-state index in [9.17, 15) is 8.78 Å². The standard InChI is InChI=1S/C19H24F2N4/c20-15-2-5-17(6-3-15)25-12-10-24(11-13-25)9-1-8-23-19-7-4-16(21)14-18(19)22/h2-7,14,23H,1,8-13,22H2. The van der Waals surface area contributed by atoms with Crippen molar-refractivity contribution in [3.8, 4) is 0 Å². The van der Waals surface area contributed by atoms with Gasteiger partial charge in [0.1, 0.15) is 11.6 Å². The van der Waals surface area contributed by atoms with Crippen LogP contribution in [0.1, 0.15) is 6.42 Å². The van der Waals surface area contributed by atoms with Crippen molar-refractivity contribution < 1.29 is 8.78 Å². The van der Waals surface area contributed by atoms with Gasteiger partial charge in [-0.05, 0) is 55.4 Å². The first kappa shape index (κ1) is 17.5. The summed E-state index contributed by atoms with van der Waals surface area (Å²) in [5, 5.41) is 3.26. The Bertz CT molecular complexity index is 682. The van der Waals surface area contributed by atoms with Crippen LogP contribution in [-0.4, -0.2) is 44.2 Å². The highest BCUT2D eigenvalue weighted by atomic mass is 19.1. The van der Waals surface area contributed by atoms with Crippen LogP contribution in [0.4, 0.5) is 25.8 Å². The van der Waals surface area contributed by atoms with E-state index in [0.717, 1.165) is 57.1 Å². The Morgan fingerprint density at radius 1 is 0.920 bits per heavy atom. The van der Waals surface area contributed by atoms with Crippen molar-refractivity contribution in [2.75, 3.05) is 55.2 Å². The first-order chi connectivity index (χ1) is 12.1. The molecule has 6 heteroatoms. The van der Waals surface area contributed by atoms with Gasteiger partial charge in [0, 0.05) is 38.4 Å². The lowest BCUT2D eigenvalue weighted by molar-refractivity contribution is 0.257. The molecule has 1 saturated heterocycles. The number of rotatable bonds is 6. The minimum Gasteiger partial charge on any atom is -0.397 e. The number of anilines is 3. The fourth-order valence-corrected chi connectivity index (χ4v) is 3.10. The van der Waals surface area contributed by atoms with Gasteiger partial charge in [-0.2, -0.15) is 0 Å². The van der Waals surface area contributed by atoms with Crippen molar-refractivity contribution in [3.63, 3.8) is 0 Å². The van der Waals surface area contributed by atoms with Gasteiger partial charge >= 0.3 is 0 Å². The van der Waals surface area contributed by atoms with Gasteiger partial charge in [0.05, 0.1) is 11.4 Å². The predicted molar refractivity (Wildman–Crippen MR) is 99.0 cm³/mol. The zero-order valence-corrected chi connectivity index (χ0v) is 14.2. The third kappa shape index (κ3) is 4.82. The molecule has 0 aromatic heterocycles. The zero-order valence-electron chi connectivity index (χ0n) is 14.2. The third-order valence-electron chi connectivity index (χ3n) is 4.54. The van der Waals surface area contributed by atoms with Crippen molar-refractivity contribution in [3.05, 3.63) is 54.1 Å². The fourth-order valence-electron chi connectivity index (χ4n) is 3.10.